The van der Waals surface area contributed by atoms with Gasteiger partial charge in [0.25, 0.3) is 11.7 Å². The van der Waals surface area contributed by atoms with Gasteiger partial charge in [-0.15, -0.1) is 0 Å². The van der Waals surface area contributed by atoms with Gasteiger partial charge in [0.2, 0.25) is 0 Å². The fraction of sp³-hybridized carbons (Fsp3) is 0.154. The Kier molecular flexibility index (Phi) is 6.05. The summed E-state index contributed by atoms with van der Waals surface area (Å²) < 4.78 is 0.899. The van der Waals surface area contributed by atoms with Crippen LogP contribution in [0.3, 0.4) is 0 Å². The van der Waals surface area contributed by atoms with Crippen molar-refractivity contribution in [2.24, 2.45) is 0 Å². The SMILES string of the molecule is Cc1ccc(C(O)=C2C(=O)C(=O)N(CCc3ccccc3)[C@@H]2c2ccc(Br)cc2)cc1. The standard InChI is InChI=1S/C26H22BrNO3/c1-17-7-9-20(10-8-17)24(29)22-23(19-11-13-21(27)14-12-19)28(26(31)25(22)30)16-15-18-5-3-2-4-6-18/h2-14,23,29H,15-16H2,1H3/t23-/m1/s1. The van der Waals surface area contributed by atoms with Crippen LogP contribution in [0.4, 0.5) is 0 Å². The molecule has 1 aliphatic rings. The molecule has 156 valence electrons. The highest BCUT2D eigenvalue weighted by molar-refractivity contribution is 9.10. The average molecular weight is 476 g/mol. The molecule has 0 saturated carbocycles. The monoisotopic (exact) mass is 475 g/mol. The Hall–Kier alpha value is -3.18. The quantitative estimate of drug-likeness (QED) is 0.304. The summed E-state index contributed by atoms with van der Waals surface area (Å²) in [4.78, 5) is 27.6. The van der Waals surface area contributed by atoms with Gasteiger partial charge in [-0.25, -0.2) is 0 Å². The van der Waals surface area contributed by atoms with E-state index in [4.69, 9.17) is 0 Å². The van der Waals surface area contributed by atoms with Gasteiger partial charge in [0.15, 0.2) is 0 Å². The summed E-state index contributed by atoms with van der Waals surface area (Å²) in [7, 11) is 0. The summed E-state index contributed by atoms with van der Waals surface area (Å²) in [5, 5.41) is 11.1. The summed E-state index contributed by atoms with van der Waals surface area (Å²) >= 11 is 3.43. The summed E-state index contributed by atoms with van der Waals surface area (Å²) in [6, 6.07) is 24.0. The number of rotatable bonds is 5. The van der Waals surface area contributed by atoms with Crippen LogP contribution in [0, 0.1) is 6.92 Å². The first kappa shape index (κ1) is 21.1. The Balaban J connectivity index is 1.78. The second-order valence-electron chi connectivity index (χ2n) is 7.65. The molecule has 1 saturated heterocycles. The number of carbonyl (C=O) groups is 2. The molecular formula is C26H22BrNO3. The number of likely N-dealkylation sites (tertiary alicyclic amines) is 1. The van der Waals surface area contributed by atoms with Crippen molar-refractivity contribution in [3.63, 3.8) is 0 Å². The summed E-state index contributed by atoms with van der Waals surface area (Å²) in [6.07, 6.45) is 0.617. The van der Waals surface area contributed by atoms with E-state index >= 15 is 0 Å². The molecule has 1 atom stereocenters. The van der Waals surface area contributed by atoms with Gasteiger partial charge in [0.1, 0.15) is 5.76 Å². The maximum atomic E-state index is 13.0. The first-order valence-electron chi connectivity index (χ1n) is 10.1. The van der Waals surface area contributed by atoms with E-state index in [1.54, 1.807) is 17.0 Å². The lowest BCUT2D eigenvalue weighted by Crippen LogP contribution is -2.31. The van der Waals surface area contributed by atoms with Crippen molar-refractivity contribution >= 4 is 33.4 Å². The average Bonchev–Trinajstić information content (AvgIpc) is 3.04. The Morgan fingerprint density at radius 3 is 2.23 bits per heavy atom. The van der Waals surface area contributed by atoms with E-state index < -0.39 is 17.7 Å². The van der Waals surface area contributed by atoms with Crippen LogP contribution in [0.15, 0.2) is 88.9 Å². The number of nitrogens with zero attached hydrogens (tertiary/aromatic N) is 1. The van der Waals surface area contributed by atoms with Crippen LogP contribution in [0.1, 0.15) is 28.3 Å². The first-order chi connectivity index (χ1) is 15.0. The van der Waals surface area contributed by atoms with Crippen molar-refractivity contribution in [2.45, 2.75) is 19.4 Å². The van der Waals surface area contributed by atoms with Crippen LogP contribution in [0.25, 0.3) is 5.76 Å². The third-order valence-electron chi connectivity index (χ3n) is 5.53. The van der Waals surface area contributed by atoms with E-state index in [2.05, 4.69) is 15.9 Å². The third kappa shape index (κ3) is 4.32. The number of Topliss-reactive ketones (excluding diaryl/α,β-unsaturated/α-hetero) is 1. The highest BCUT2D eigenvalue weighted by atomic mass is 79.9. The van der Waals surface area contributed by atoms with Crippen molar-refractivity contribution in [3.05, 3.63) is 111 Å². The molecule has 4 nitrogen and oxygen atoms in total. The largest absolute Gasteiger partial charge is 0.507 e. The van der Waals surface area contributed by atoms with Crippen molar-refractivity contribution in [1.82, 2.24) is 4.90 Å². The lowest BCUT2D eigenvalue weighted by atomic mass is 9.95. The van der Waals surface area contributed by atoms with E-state index in [1.807, 2.05) is 73.7 Å². The molecule has 1 N–H and O–H groups in total. The van der Waals surface area contributed by atoms with E-state index in [9.17, 15) is 14.7 Å². The van der Waals surface area contributed by atoms with Gasteiger partial charge in [-0.3, -0.25) is 9.59 Å². The molecule has 4 rings (SSSR count). The predicted octanol–water partition coefficient (Wildman–Crippen LogP) is 5.42. The number of benzene rings is 3. The highest BCUT2D eigenvalue weighted by Crippen LogP contribution is 2.39. The molecule has 1 amide bonds. The Morgan fingerprint density at radius 1 is 0.935 bits per heavy atom. The minimum absolute atomic E-state index is 0.129. The number of hydrogen-bond donors (Lipinski definition) is 1. The molecule has 3 aromatic rings. The smallest absolute Gasteiger partial charge is 0.295 e. The zero-order valence-corrected chi connectivity index (χ0v) is 18.7. The number of ketones is 1. The van der Waals surface area contributed by atoms with E-state index in [0.717, 1.165) is 21.2 Å². The molecule has 0 radical (unpaired) electrons. The Labute approximate surface area is 190 Å². The molecule has 0 aromatic heterocycles. The van der Waals surface area contributed by atoms with Crippen LogP contribution in [0.5, 0.6) is 0 Å². The minimum atomic E-state index is -0.654. The maximum absolute atomic E-state index is 13.0. The summed E-state index contributed by atoms with van der Waals surface area (Å²) in [6.45, 7) is 2.33. The van der Waals surface area contributed by atoms with Crippen molar-refractivity contribution < 1.29 is 14.7 Å². The number of carbonyl (C=O) groups excluding carboxylic acids is 2. The third-order valence-corrected chi connectivity index (χ3v) is 6.06. The van der Waals surface area contributed by atoms with Gasteiger partial charge in [-0.2, -0.15) is 0 Å². The highest BCUT2D eigenvalue weighted by Gasteiger charge is 2.45. The van der Waals surface area contributed by atoms with Crippen LogP contribution >= 0.6 is 15.9 Å². The zero-order chi connectivity index (χ0) is 22.0. The van der Waals surface area contributed by atoms with Gasteiger partial charge in [-0.1, -0.05) is 88.2 Å². The van der Waals surface area contributed by atoms with Crippen molar-refractivity contribution in [3.8, 4) is 0 Å². The molecule has 5 heteroatoms. The Bertz CT molecular complexity index is 1140. The molecule has 1 fully saturated rings. The van der Waals surface area contributed by atoms with E-state index in [1.165, 1.54) is 0 Å². The second kappa shape index (κ2) is 8.90. The molecular weight excluding hydrogens is 454 g/mol. The summed E-state index contributed by atoms with van der Waals surface area (Å²) in [5.41, 5.74) is 3.56. The number of halogens is 1. The lowest BCUT2D eigenvalue weighted by molar-refractivity contribution is -0.139. The summed E-state index contributed by atoms with van der Waals surface area (Å²) in [5.74, 6) is -1.38. The molecule has 0 unspecified atom stereocenters. The fourth-order valence-corrected chi connectivity index (χ4v) is 4.13. The number of aliphatic hydroxyl groups excluding tert-OH is 1. The fourth-order valence-electron chi connectivity index (χ4n) is 3.86. The molecule has 1 heterocycles. The molecule has 3 aromatic carbocycles. The van der Waals surface area contributed by atoms with Crippen molar-refractivity contribution in [2.75, 3.05) is 6.54 Å². The lowest BCUT2D eigenvalue weighted by Gasteiger charge is -2.25. The molecule has 31 heavy (non-hydrogen) atoms. The second-order valence-corrected chi connectivity index (χ2v) is 8.56. The van der Waals surface area contributed by atoms with E-state index in [0.29, 0.717) is 18.5 Å². The van der Waals surface area contributed by atoms with Crippen LogP contribution in [-0.2, 0) is 16.0 Å². The molecule has 0 aliphatic carbocycles. The van der Waals surface area contributed by atoms with Crippen LogP contribution < -0.4 is 0 Å². The van der Waals surface area contributed by atoms with Crippen LogP contribution in [-0.4, -0.2) is 28.2 Å². The van der Waals surface area contributed by atoms with E-state index in [-0.39, 0.29) is 11.3 Å². The molecule has 0 spiro atoms. The number of aryl methyl sites for hydroxylation is 1. The van der Waals surface area contributed by atoms with Gasteiger partial charge in [0.05, 0.1) is 11.6 Å². The zero-order valence-electron chi connectivity index (χ0n) is 17.1. The molecule has 1 aliphatic heterocycles. The molecule has 0 bridgehead atoms. The Morgan fingerprint density at radius 2 is 1.58 bits per heavy atom. The number of aliphatic hydroxyl groups is 1. The van der Waals surface area contributed by atoms with Gasteiger partial charge >= 0.3 is 0 Å². The van der Waals surface area contributed by atoms with Gasteiger partial charge in [0, 0.05) is 16.6 Å². The topological polar surface area (TPSA) is 57.6 Å². The minimum Gasteiger partial charge on any atom is -0.507 e. The predicted molar refractivity (Wildman–Crippen MR) is 124 cm³/mol. The normalized spacial score (nSPS) is 17.9. The van der Waals surface area contributed by atoms with Crippen molar-refractivity contribution in [1.29, 1.82) is 0 Å². The van der Waals surface area contributed by atoms with Gasteiger partial charge in [-0.05, 0) is 36.6 Å². The van der Waals surface area contributed by atoms with Crippen LogP contribution in [0.2, 0.25) is 0 Å². The van der Waals surface area contributed by atoms with Gasteiger partial charge < -0.3 is 10.0 Å². The first-order valence-corrected chi connectivity index (χ1v) is 10.9. The number of hydrogen-bond acceptors (Lipinski definition) is 3. The maximum Gasteiger partial charge on any atom is 0.295 e. The number of amides is 1.